The van der Waals surface area contributed by atoms with Gasteiger partial charge in [-0.3, -0.25) is 9.69 Å². The second-order valence-corrected chi connectivity index (χ2v) is 6.41. The van der Waals surface area contributed by atoms with E-state index >= 15 is 0 Å². The van der Waals surface area contributed by atoms with Crippen LogP contribution < -0.4 is 5.32 Å². The first-order valence-electron chi connectivity index (χ1n) is 6.85. The highest BCUT2D eigenvalue weighted by atomic mass is 35.5. The third kappa shape index (κ3) is 3.34. The van der Waals surface area contributed by atoms with Gasteiger partial charge in [0.2, 0.25) is 0 Å². The van der Waals surface area contributed by atoms with Gasteiger partial charge in [-0.2, -0.15) is 0 Å². The Labute approximate surface area is 130 Å². The third-order valence-electron chi connectivity index (χ3n) is 3.99. The van der Waals surface area contributed by atoms with Crippen molar-refractivity contribution in [1.29, 1.82) is 0 Å². The van der Waals surface area contributed by atoms with Crippen molar-refractivity contribution in [2.75, 3.05) is 26.2 Å². The summed E-state index contributed by atoms with van der Waals surface area (Å²) in [5.74, 6) is 0.148. The lowest BCUT2D eigenvalue weighted by Gasteiger charge is -2.40. The maximum absolute atomic E-state index is 12.7. The summed E-state index contributed by atoms with van der Waals surface area (Å²) in [6, 6.07) is 5.34. The maximum Gasteiger partial charge on any atom is 0.156 e. The largest absolute Gasteiger partial charge is 0.314 e. The summed E-state index contributed by atoms with van der Waals surface area (Å²) in [6.07, 6.45) is 0.273. The van der Waals surface area contributed by atoms with Gasteiger partial charge in [-0.05, 0) is 31.5 Å². The standard InChI is InChI=1S/C15H20Cl2N2O/c1-15(2,19-8-6-18-7-9-19)14(20)10-11-12(16)4-3-5-13(11)17/h3-5,18H,6-10H2,1-2H3. The van der Waals surface area contributed by atoms with Crippen molar-refractivity contribution in [3.05, 3.63) is 33.8 Å². The predicted molar refractivity (Wildman–Crippen MR) is 83.7 cm³/mol. The van der Waals surface area contributed by atoms with Gasteiger partial charge in [-0.25, -0.2) is 0 Å². The van der Waals surface area contributed by atoms with Crippen LogP contribution in [0.2, 0.25) is 10.0 Å². The maximum atomic E-state index is 12.7. The van der Waals surface area contributed by atoms with Crippen molar-refractivity contribution in [3.8, 4) is 0 Å². The van der Waals surface area contributed by atoms with E-state index in [1.807, 2.05) is 13.8 Å². The van der Waals surface area contributed by atoms with Crippen LogP contribution in [0, 0.1) is 0 Å². The number of piperazine rings is 1. The molecule has 0 spiro atoms. The van der Waals surface area contributed by atoms with Crippen molar-refractivity contribution in [2.24, 2.45) is 0 Å². The van der Waals surface area contributed by atoms with Crippen molar-refractivity contribution in [2.45, 2.75) is 25.8 Å². The van der Waals surface area contributed by atoms with Crippen molar-refractivity contribution in [3.63, 3.8) is 0 Å². The number of halogens is 2. The van der Waals surface area contributed by atoms with E-state index in [2.05, 4.69) is 10.2 Å². The molecule has 110 valence electrons. The molecule has 0 aliphatic carbocycles. The summed E-state index contributed by atoms with van der Waals surface area (Å²) in [4.78, 5) is 14.9. The topological polar surface area (TPSA) is 32.3 Å². The molecule has 2 rings (SSSR count). The number of hydrogen-bond donors (Lipinski definition) is 1. The van der Waals surface area contributed by atoms with Crippen molar-refractivity contribution >= 4 is 29.0 Å². The lowest BCUT2D eigenvalue weighted by Crippen LogP contribution is -2.57. The van der Waals surface area contributed by atoms with E-state index < -0.39 is 5.54 Å². The molecule has 0 amide bonds. The molecule has 0 bridgehead atoms. The average molecular weight is 315 g/mol. The molecule has 0 aromatic heterocycles. The molecular formula is C15H20Cl2N2O. The van der Waals surface area contributed by atoms with Gasteiger partial charge in [-0.1, -0.05) is 29.3 Å². The van der Waals surface area contributed by atoms with Gasteiger partial charge in [0.25, 0.3) is 0 Å². The minimum absolute atomic E-state index is 0.148. The highest BCUT2D eigenvalue weighted by Gasteiger charge is 2.35. The number of nitrogens with zero attached hydrogens (tertiary/aromatic N) is 1. The smallest absolute Gasteiger partial charge is 0.156 e. The molecule has 20 heavy (non-hydrogen) atoms. The van der Waals surface area contributed by atoms with E-state index in [-0.39, 0.29) is 12.2 Å². The van der Waals surface area contributed by atoms with Gasteiger partial charge < -0.3 is 5.32 Å². The summed E-state index contributed by atoms with van der Waals surface area (Å²) in [5, 5.41) is 4.41. The van der Waals surface area contributed by atoms with Crippen LogP contribution >= 0.6 is 23.2 Å². The Morgan fingerprint density at radius 1 is 1.25 bits per heavy atom. The van der Waals surface area contributed by atoms with Crippen LogP contribution in [0.25, 0.3) is 0 Å². The Balaban J connectivity index is 2.14. The number of Topliss-reactive ketones (excluding diaryl/α,β-unsaturated/α-hetero) is 1. The van der Waals surface area contributed by atoms with Crippen LogP contribution in [-0.2, 0) is 11.2 Å². The van der Waals surface area contributed by atoms with Gasteiger partial charge in [-0.15, -0.1) is 0 Å². The van der Waals surface area contributed by atoms with Crippen LogP contribution in [0.5, 0.6) is 0 Å². The van der Waals surface area contributed by atoms with Crippen LogP contribution in [0.4, 0.5) is 0 Å². The molecule has 1 aromatic carbocycles. The van der Waals surface area contributed by atoms with Crippen molar-refractivity contribution < 1.29 is 4.79 Å². The molecule has 3 nitrogen and oxygen atoms in total. The number of carbonyl (C=O) groups is 1. The fourth-order valence-electron chi connectivity index (χ4n) is 2.48. The van der Waals surface area contributed by atoms with E-state index in [4.69, 9.17) is 23.2 Å². The highest BCUT2D eigenvalue weighted by molar-refractivity contribution is 6.36. The fraction of sp³-hybridized carbons (Fsp3) is 0.533. The van der Waals surface area contributed by atoms with Crippen molar-refractivity contribution in [1.82, 2.24) is 10.2 Å². The summed E-state index contributed by atoms with van der Waals surface area (Å²) < 4.78 is 0. The number of ketones is 1. The van der Waals surface area contributed by atoms with Gasteiger partial charge in [0.1, 0.15) is 0 Å². The Kier molecular flexibility index (Phi) is 5.08. The molecule has 1 aliphatic rings. The zero-order valence-corrected chi connectivity index (χ0v) is 13.4. The second kappa shape index (κ2) is 6.44. The summed E-state index contributed by atoms with van der Waals surface area (Å²) in [5.41, 5.74) is 0.231. The first-order chi connectivity index (χ1) is 9.43. The quantitative estimate of drug-likeness (QED) is 0.927. The molecule has 1 heterocycles. The lowest BCUT2D eigenvalue weighted by molar-refractivity contribution is -0.129. The number of hydrogen-bond acceptors (Lipinski definition) is 3. The molecule has 0 radical (unpaired) electrons. The Hall–Kier alpha value is -0.610. The molecule has 5 heteroatoms. The number of rotatable bonds is 4. The monoisotopic (exact) mass is 314 g/mol. The fourth-order valence-corrected chi connectivity index (χ4v) is 3.01. The SMILES string of the molecule is CC(C)(C(=O)Cc1c(Cl)cccc1Cl)N1CCNCC1. The van der Waals surface area contributed by atoms with Gasteiger partial charge in [0.05, 0.1) is 5.54 Å². The summed E-state index contributed by atoms with van der Waals surface area (Å²) >= 11 is 12.3. The summed E-state index contributed by atoms with van der Waals surface area (Å²) in [7, 11) is 0. The van der Waals surface area contributed by atoms with Crippen LogP contribution in [0.3, 0.4) is 0 Å². The molecule has 1 fully saturated rings. The Bertz CT molecular complexity index is 476. The van der Waals surface area contributed by atoms with Crippen LogP contribution in [-0.4, -0.2) is 42.4 Å². The molecule has 0 saturated carbocycles. The van der Waals surface area contributed by atoms with E-state index in [9.17, 15) is 4.79 Å². The third-order valence-corrected chi connectivity index (χ3v) is 4.70. The molecule has 0 atom stereocenters. The molecule has 0 unspecified atom stereocenters. The first kappa shape index (κ1) is 15.8. The minimum atomic E-state index is -0.495. The van der Waals surface area contributed by atoms with E-state index in [0.717, 1.165) is 31.7 Å². The number of nitrogens with one attached hydrogen (secondary N) is 1. The predicted octanol–water partition coefficient (Wildman–Crippen LogP) is 2.79. The van der Waals surface area contributed by atoms with Gasteiger partial charge in [0, 0.05) is 42.6 Å². The number of benzene rings is 1. The van der Waals surface area contributed by atoms with E-state index in [1.165, 1.54) is 0 Å². The summed E-state index contributed by atoms with van der Waals surface area (Å²) in [6.45, 7) is 7.56. The normalized spacial score (nSPS) is 17.2. The van der Waals surface area contributed by atoms with Gasteiger partial charge in [0.15, 0.2) is 5.78 Å². The van der Waals surface area contributed by atoms with Gasteiger partial charge >= 0.3 is 0 Å². The van der Waals surface area contributed by atoms with Crippen LogP contribution in [0.15, 0.2) is 18.2 Å². The van der Waals surface area contributed by atoms with Crippen LogP contribution in [0.1, 0.15) is 19.4 Å². The highest BCUT2D eigenvalue weighted by Crippen LogP contribution is 2.27. The average Bonchev–Trinajstić information content (AvgIpc) is 2.43. The molecular weight excluding hydrogens is 295 g/mol. The van der Waals surface area contributed by atoms with E-state index in [0.29, 0.717) is 10.0 Å². The first-order valence-corrected chi connectivity index (χ1v) is 7.60. The molecule has 1 N–H and O–H groups in total. The zero-order chi connectivity index (χ0) is 14.8. The molecule has 1 saturated heterocycles. The Morgan fingerprint density at radius 3 is 2.35 bits per heavy atom. The number of carbonyl (C=O) groups excluding carboxylic acids is 1. The second-order valence-electron chi connectivity index (χ2n) is 5.60. The Morgan fingerprint density at radius 2 is 1.80 bits per heavy atom. The zero-order valence-electron chi connectivity index (χ0n) is 11.9. The molecule has 1 aliphatic heterocycles. The molecule has 1 aromatic rings. The van der Waals surface area contributed by atoms with E-state index in [1.54, 1.807) is 18.2 Å². The lowest BCUT2D eigenvalue weighted by atomic mass is 9.91. The minimum Gasteiger partial charge on any atom is -0.314 e.